The minimum Gasteiger partial charge on any atom is -0.352 e. The number of nitrogens with one attached hydrogen (secondary N) is 1. The van der Waals surface area contributed by atoms with Gasteiger partial charge >= 0.3 is 6.18 Å². The largest absolute Gasteiger partial charge is 0.435 e. The van der Waals surface area contributed by atoms with E-state index >= 15 is 0 Å². The van der Waals surface area contributed by atoms with E-state index in [0.717, 1.165) is 6.07 Å². The molecule has 39 heavy (non-hydrogen) atoms. The van der Waals surface area contributed by atoms with Crippen LogP contribution in [0, 0.1) is 0 Å². The summed E-state index contributed by atoms with van der Waals surface area (Å²) >= 11 is 0. The summed E-state index contributed by atoms with van der Waals surface area (Å²) in [5, 5.41) is 6.76. The number of hydrogen-bond donors (Lipinski definition) is 1. The molecular formula is C31H25F3N4O. The quantitative estimate of drug-likeness (QED) is 0.239. The number of carbonyl (C=O) groups is 1. The summed E-state index contributed by atoms with van der Waals surface area (Å²) in [5.74, 6) is -0.131. The normalized spacial score (nSPS) is 11.5. The van der Waals surface area contributed by atoms with E-state index in [0.29, 0.717) is 29.8 Å². The van der Waals surface area contributed by atoms with Crippen molar-refractivity contribution in [2.24, 2.45) is 0 Å². The number of pyridine rings is 1. The fourth-order valence-electron chi connectivity index (χ4n) is 4.52. The Hall–Kier alpha value is -4.72. The number of hydrogen-bond acceptors (Lipinski definition) is 3. The molecule has 5 aromatic rings. The molecule has 8 heteroatoms. The van der Waals surface area contributed by atoms with Gasteiger partial charge in [0.25, 0.3) is 5.91 Å². The Labute approximate surface area is 224 Å². The zero-order chi connectivity index (χ0) is 27.2. The molecule has 2 heterocycles. The van der Waals surface area contributed by atoms with Crippen LogP contribution in [0.15, 0.2) is 116 Å². The number of nitrogens with zero attached hydrogens (tertiary/aromatic N) is 3. The fraction of sp³-hybridized carbons (Fsp3) is 0.129. The summed E-state index contributed by atoms with van der Waals surface area (Å²) < 4.78 is 41.5. The molecule has 1 amide bonds. The maximum Gasteiger partial charge on any atom is 0.435 e. The second kappa shape index (κ2) is 11.3. The molecule has 0 fully saturated rings. The van der Waals surface area contributed by atoms with Crippen molar-refractivity contribution in [2.75, 3.05) is 6.54 Å². The van der Waals surface area contributed by atoms with Gasteiger partial charge in [0.15, 0.2) is 5.69 Å². The summed E-state index contributed by atoms with van der Waals surface area (Å²) in [6, 6.07) is 30.9. The molecule has 3 aromatic carbocycles. The third-order valence-electron chi connectivity index (χ3n) is 6.45. The molecule has 0 unspecified atom stereocenters. The Kier molecular flexibility index (Phi) is 7.54. The molecule has 0 atom stereocenters. The van der Waals surface area contributed by atoms with Crippen molar-refractivity contribution >= 4 is 5.91 Å². The van der Waals surface area contributed by atoms with E-state index in [4.69, 9.17) is 0 Å². The highest BCUT2D eigenvalue weighted by molar-refractivity contribution is 5.94. The van der Waals surface area contributed by atoms with Gasteiger partial charge in [-0.15, -0.1) is 0 Å². The molecule has 0 saturated carbocycles. The molecule has 0 aliphatic carbocycles. The molecule has 0 bridgehead atoms. The number of carbonyl (C=O) groups excluding carboxylic acids is 1. The Balaban J connectivity index is 1.31. The van der Waals surface area contributed by atoms with Gasteiger partial charge in [0.1, 0.15) is 0 Å². The highest BCUT2D eigenvalue weighted by atomic mass is 19.4. The van der Waals surface area contributed by atoms with E-state index in [1.807, 2.05) is 36.4 Å². The molecule has 0 saturated heterocycles. The number of aromatic nitrogens is 3. The highest BCUT2D eigenvalue weighted by Gasteiger charge is 2.35. The van der Waals surface area contributed by atoms with E-state index in [-0.39, 0.29) is 17.5 Å². The molecule has 5 nitrogen and oxygen atoms in total. The van der Waals surface area contributed by atoms with Gasteiger partial charge in [-0.25, -0.2) is 4.68 Å². The van der Waals surface area contributed by atoms with Crippen molar-refractivity contribution in [1.82, 2.24) is 20.1 Å². The Morgan fingerprint density at radius 3 is 2.05 bits per heavy atom. The van der Waals surface area contributed by atoms with Gasteiger partial charge < -0.3 is 5.32 Å². The Morgan fingerprint density at radius 2 is 1.49 bits per heavy atom. The Bertz CT molecular complexity index is 1480. The summed E-state index contributed by atoms with van der Waals surface area (Å²) in [5.41, 5.74) is 2.88. The first-order valence-electron chi connectivity index (χ1n) is 12.5. The third kappa shape index (κ3) is 6.06. The number of benzene rings is 3. The number of alkyl halides is 3. The summed E-state index contributed by atoms with van der Waals surface area (Å²) in [4.78, 5) is 16.9. The van der Waals surface area contributed by atoms with Crippen LogP contribution >= 0.6 is 0 Å². The molecule has 196 valence electrons. The maximum atomic E-state index is 13.4. The van der Waals surface area contributed by atoms with Crippen LogP contribution in [-0.4, -0.2) is 27.2 Å². The van der Waals surface area contributed by atoms with Gasteiger partial charge in [0.2, 0.25) is 0 Å². The molecule has 1 N–H and O–H groups in total. The number of halogens is 3. The van der Waals surface area contributed by atoms with E-state index in [1.54, 1.807) is 42.6 Å². The minimum absolute atomic E-state index is 0.128. The van der Waals surface area contributed by atoms with Gasteiger partial charge in [-0.2, -0.15) is 18.3 Å². The predicted octanol–water partition coefficient (Wildman–Crippen LogP) is 6.91. The lowest BCUT2D eigenvalue weighted by atomic mass is 9.88. The molecule has 0 spiro atoms. The average Bonchev–Trinajstić information content (AvgIpc) is 3.43. The topological polar surface area (TPSA) is 59.8 Å². The number of amides is 1. The maximum absolute atomic E-state index is 13.4. The first kappa shape index (κ1) is 25.9. The average molecular weight is 527 g/mol. The van der Waals surface area contributed by atoms with Crippen LogP contribution in [0.1, 0.15) is 39.5 Å². The van der Waals surface area contributed by atoms with Gasteiger partial charge in [-0.05, 0) is 60.0 Å². The molecule has 0 aliphatic rings. The summed E-state index contributed by atoms with van der Waals surface area (Å²) in [6.45, 7) is 0.453. The monoisotopic (exact) mass is 526 g/mol. The fourth-order valence-corrected chi connectivity index (χ4v) is 4.52. The Morgan fingerprint density at radius 1 is 0.846 bits per heavy atom. The molecule has 2 aromatic heterocycles. The zero-order valence-corrected chi connectivity index (χ0v) is 20.8. The summed E-state index contributed by atoms with van der Waals surface area (Å²) in [6.07, 6.45) is -0.864. The first-order chi connectivity index (χ1) is 18.9. The van der Waals surface area contributed by atoms with Crippen molar-refractivity contribution in [1.29, 1.82) is 0 Å². The van der Waals surface area contributed by atoms with Gasteiger partial charge in [-0.1, -0.05) is 60.7 Å². The van der Waals surface area contributed by atoms with E-state index < -0.39 is 11.9 Å². The predicted molar refractivity (Wildman–Crippen MR) is 143 cm³/mol. The van der Waals surface area contributed by atoms with Crippen LogP contribution in [0.25, 0.3) is 16.9 Å². The first-order valence-corrected chi connectivity index (χ1v) is 12.5. The van der Waals surface area contributed by atoms with Crippen molar-refractivity contribution in [3.05, 3.63) is 138 Å². The van der Waals surface area contributed by atoms with Gasteiger partial charge in [0, 0.05) is 36.0 Å². The smallest absolute Gasteiger partial charge is 0.352 e. The van der Waals surface area contributed by atoms with Crippen LogP contribution in [0.4, 0.5) is 13.2 Å². The van der Waals surface area contributed by atoms with Gasteiger partial charge in [0.05, 0.1) is 11.4 Å². The van der Waals surface area contributed by atoms with Crippen molar-refractivity contribution in [3.8, 4) is 16.9 Å². The van der Waals surface area contributed by atoms with E-state index in [2.05, 4.69) is 39.7 Å². The van der Waals surface area contributed by atoms with Crippen molar-refractivity contribution in [3.63, 3.8) is 0 Å². The molecule has 0 aliphatic heterocycles. The minimum atomic E-state index is -4.60. The van der Waals surface area contributed by atoms with Gasteiger partial charge in [-0.3, -0.25) is 9.78 Å². The van der Waals surface area contributed by atoms with Crippen molar-refractivity contribution in [2.45, 2.75) is 18.5 Å². The SMILES string of the molecule is O=C(NCCC(c1ccccc1)c1ccccc1)c1ccc(-n2nc(C(F)(F)F)cc2-c2cccnc2)cc1. The zero-order valence-electron chi connectivity index (χ0n) is 20.8. The van der Waals surface area contributed by atoms with Crippen LogP contribution < -0.4 is 5.32 Å². The second-order valence-electron chi connectivity index (χ2n) is 9.03. The third-order valence-corrected chi connectivity index (χ3v) is 6.45. The lowest BCUT2D eigenvalue weighted by Gasteiger charge is -2.18. The lowest BCUT2D eigenvalue weighted by molar-refractivity contribution is -0.141. The molecule has 5 rings (SSSR count). The van der Waals surface area contributed by atoms with Crippen LogP contribution in [0.3, 0.4) is 0 Å². The highest BCUT2D eigenvalue weighted by Crippen LogP contribution is 2.33. The second-order valence-corrected chi connectivity index (χ2v) is 9.03. The van der Waals surface area contributed by atoms with Crippen LogP contribution in [0.2, 0.25) is 0 Å². The van der Waals surface area contributed by atoms with Crippen LogP contribution in [0.5, 0.6) is 0 Å². The van der Waals surface area contributed by atoms with E-state index in [1.165, 1.54) is 22.0 Å². The molecule has 0 radical (unpaired) electrons. The number of rotatable bonds is 8. The lowest BCUT2D eigenvalue weighted by Crippen LogP contribution is -2.25. The van der Waals surface area contributed by atoms with E-state index in [9.17, 15) is 18.0 Å². The van der Waals surface area contributed by atoms with Crippen LogP contribution in [-0.2, 0) is 6.18 Å². The van der Waals surface area contributed by atoms with Crippen molar-refractivity contribution < 1.29 is 18.0 Å². The standard InChI is InChI=1S/C31H25F3N4O/c32-31(33,34)29-20-28(25-12-7-18-35-21-25)38(37-29)26-15-13-24(14-16-26)30(39)36-19-17-27(22-8-3-1-4-9-22)23-10-5-2-6-11-23/h1-16,18,20-21,27H,17,19H2,(H,36,39). The molecular weight excluding hydrogens is 501 g/mol. The summed E-state index contributed by atoms with van der Waals surface area (Å²) in [7, 11) is 0.